The third-order valence-electron chi connectivity index (χ3n) is 2.88. The number of nitrogens with zero attached hydrogens (tertiary/aromatic N) is 1. The summed E-state index contributed by atoms with van der Waals surface area (Å²) in [6.07, 6.45) is 0. The Hall–Kier alpha value is -0.870. The molecule has 1 fully saturated rings. The van der Waals surface area contributed by atoms with Crippen LogP contribution in [-0.2, 0) is 9.84 Å². The number of sulfone groups is 1. The maximum Gasteiger partial charge on any atom is 0.153 e. The summed E-state index contributed by atoms with van der Waals surface area (Å²) in [5, 5.41) is 0. The minimum atomic E-state index is -2.85. The summed E-state index contributed by atoms with van der Waals surface area (Å²) in [5.41, 5.74) is 1.09. The van der Waals surface area contributed by atoms with E-state index in [1.54, 1.807) is 0 Å². The Kier molecular flexibility index (Phi) is 2.80. The lowest BCUT2D eigenvalue weighted by Gasteiger charge is -2.32. The maximum absolute atomic E-state index is 11.6. The first kappa shape index (κ1) is 10.6. The molecule has 82 valence electrons. The Labute approximate surface area is 90.6 Å². The van der Waals surface area contributed by atoms with Crippen molar-refractivity contribution in [2.24, 2.45) is 0 Å². The fraction of sp³-hybridized carbons (Fsp3) is 0.455. The largest absolute Gasteiger partial charge is 0.297 e. The molecular formula is C11H15NO2S. The van der Waals surface area contributed by atoms with Gasteiger partial charge in [0.2, 0.25) is 0 Å². The first-order valence-corrected chi connectivity index (χ1v) is 6.86. The molecule has 1 aliphatic heterocycles. The first-order valence-electron chi connectivity index (χ1n) is 5.04. The minimum absolute atomic E-state index is 0.0185. The molecule has 0 saturated carbocycles. The zero-order chi connectivity index (χ0) is 10.9. The van der Waals surface area contributed by atoms with E-state index in [1.165, 1.54) is 0 Å². The number of hydrogen-bond acceptors (Lipinski definition) is 3. The molecule has 2 rings (SSSR count). The van der Waals surface area contributed by atoms with E-state index in [-0.39, 0.29) is 17.5 Å². The van der Waals surface area contributed by atoms with Crippen molar-refractivity contribution in [1.82, 2.24) is 4.90 Å². The Bertz CT molecular complexity index is 427. The summed E-state index contributed by atoms with van der Waals surface area (Å²) in [4.78, 5) is 2.11. The zero-order valence-corrected chi connectivity index (χ0v) is 9.57. The Morgan fingerprint density at radius 2 is 1.93 bits per heavy atom. The molecule has 0 bridgehead atoms. The van der Waals surface area contributed by atoms with Crippen LogP contribution in [-0.4, -0.2) is 38.4 Å². The quantitative estimate of drug-likeness (QED) is 0.718. The van der Waals surface area contributed by atoms with Crippen molar-refractivity contribution in [3.8, 4) is 0 Å². The van der Waals surface area contributed by atoms with E-state index in [0.717, 1.165) is 5.56 Å². The molecule has 0 aliphatic carbocycles. The van der Waals surface area contributed by atoms with E-state index in [1.807, 2.05) is 37.4 Å². The van der Waals surface area contributed by atoms with Gasteiger partial charge in [0, 0.05) is 12.6 Å². The van der Waals surface area contributed by atoms with Gasteiger partial charge in [0.25, 0.3) is 0 Å². The monoisotopic (exact) mass is 225 g/mol. The molecule has 0 N–H and O–H groups in total. The number of benzene rings is 1. The lowest BCUT2D eigenvalue weighted by atomic mass is 10.1. The van der Waals surface area contributed by atoms with Gasteiger partial charge in [-0.15, -0.1) is 0 Å². The summed E-state index contributed by atoms with van der Waals surface area (Å²) in [7, 11) is -0.876. The van der Waals surface area contributed by atoms with Gasteiger partial charge in [-0.25, -0.2) is 8.42 Å². The van der Waals surface area contributed by atoms with Crippen LogP contribution in [0.15, 0.2) is 30.3 Å². The summed E-state index contributed by atoms with van der Waals surface area (Å²) < 4.78 is 23.1. The van der Waals surface area contributed by atoms with Crippen LogP contribution in [0.1, 0.15) is 11.6 Å². The molecule has 1 heterocycles. The molecule has 1 aromatic carbocycles. The van der Waals surface area contributed by atoms with Crippen molar-refractivity contribution in [2.75, 3.05) is 25.1 Å². The van der Waals surface area contributed by atoms with E-state index < -0.39 is 9.84 Å². The molecule has 15 heavy (non-hydrogen) atoms. The van der Waals surface area contributed by atoms with Crippen LogP contribution in [0.4, 0.5) is 0 Å². The smallest absolute Gasteiger partial charge is 0.153 e. The summed E-state index contributed by atoms with van der Waals surface area (Å²) in [6.45, 7) is 0.627. The van der Waals surface area contributed by atoms with Crippen LogP contribution < -0.4 is 0 Å². The average Bonchev–Trinajstić information content (AvgIpc) is 2.23. The normalized spacial score (nSPS) is 26.3. The maximum atomic E-state index is 11.6. The van der Waals surface area contributed by atoms with Crippen LogP contribution in [0, 0.1) is 0 Å². The Morgan fingerprint density at radius 3 is 2.60 bits per heavy atom. The molecular weight excluding hydrogens is 210 g/mol. The van der Waals surface area contributed by atoms with Crippen molar-refractivity contribution in [3.63, 3.8) is 0 Å². The Balaban J connectivity index is 2.28. The van der Waals surface area contributed by atoms with Crippen molar-refractivity contribution in [2.45, 2.75) is 6.04 Å². The number of rotatable bonds is 1. The highest BCUT2D eigenvalue weighted by Crippen LogP contribution is 2.24. The Morgan fingerprint density at radius 1 is 1.27 bits per heavy atom. The second kappa shape index (κ2) is 3.94. The van der Waals surface area contributed by atoms with Gasteiger partial charge >= 0.3 is 0 Å². The molecule has 1 aliphatic rings. The van der Waals surface area contributed by atoms with Gasteiger partial charge in [0.15, 0.2) is 9.84 Å². The molecule has 0 spiro atoms. The van der Waals surface area contributed by atoms with E-state index >= 15 is 0 Å². The van der Waals surface area contributed by atoms with E-state index in [0.29, 0.717) is 6.54 Å². The van der Waals surface area contributed by atoms with Crippen LogP contribution >= 0.6 is 0 Å². The standard InChI is InChI=1S/C11H15NO2S/c1-12-7-8-15(13,14)9-11(12)10-5-3-2-4-6-10/h2-6,11H,7-9H2,1H3. The van der Waals surface area contributed by atoms with E-state index in [9.17, 15) is 8.42 Å². The van der Waals surface area contributed by atoms with Crippen molar-refractivity contribution in [1.29, 1.82) is 0 Å². The van der Waals surface area contributed by atoms with Gasteiger partial charge < -0.3 is 0 Å². The molecule has 0 radical (unpaired) electrons. The average molecular weight is 225 g/mol. The number of hydrogen-bond donors (Lipinski definition) is 0. The molecule has 1 unspecified atom stereocenters. The van der Waals surface area contributed by atoms with Crippen LogP contribution in [0.5, 0.6) is 0 Å². The van der Waals surface area contributed by atoms with Crippen LogP contribution in [0.2, 0.25) is 0 Å². The minimum Gasteiger partial charge on any atom is -0.297 e. The molecule has 0 aromatic heterocycles. The van der Waals surface area contributed by atoms with Crippen LogP contribution in [0.3, 0.4) is 0 Å². The van der Waals surface area contributed by atoms with Gasteiger partial charge in [-0.1, -0.05) is 30.3 Å². The zero-order valence-electron chi connectivity index (χ0n) is 8.76. The molecule has 1 atom stereocenters. The van der Waals surface area contributed by atoms with Gasteiger partial charge in [-0.3, -0.25) is 4.90 Å². The third kappa shape index (κ3) is 2.38. The molecule has 3 nitrogen and oxygen atoms in total. The molecule has 4 heteroatoms. The summed E-state index contributed by atoms with van der Waals surface area (Å²) >= 11 is 0. The fourth-order valence-electron chi connectivity index (χ4n) is 1.92. The molecule has 1 aromatic rings. The molecule has 1 saturated heterocycles. The predicted octanol–water partition coefficient (Wildman–Crippen LogP) is 1.09. The highest BCUT2D eigenvalue weighted by atomic mass is 32.2. The van der Waals surface area contributed by atoms with Crippen molar-refractivity contribution >= 4 is 9.84 Å². The molecule has 0 amide bonds. The van der Waals surface area contributed by atoms with E-state index in [2.05, 4.69) is 4.90 Å². The van der Waals surface area contributed by atoms with Gasteiger partial charge in [0.1, 0.15) is 0 Å². The van der Waals surface area contributed by atoms with Crippen LogP contribution in [0.25, 0.3) is 0 Å². The summed E-state index contributed by atoms with van der Waals surface area (Å²) in [5.74, 6) is 0.528. The first-order chi connectivity index (χ1) is 7.08. The second-order valence-corrected chi connectivity index (χ2v) is 6.25. The topological polar surface area (TPSA) is 37.4 Å². The summed E-state index contributed by atoms with van der Waals surface area (Å²) in [6, 6.07) is 9.84. The van der Waals surface area contributed by atoms with E-state index in [4.69, 9.17) is 0 Å². The SMILES string of the molecule is CN1CCS(=O)(=O)CC1c1ccccc1. The lowest BCUT2D eigenvalue weighted by molar-refractivity contribution is 0.266. The van der Waals surface area contributed by atoms with Gasteiger partial charge in [0.05, 0.1) is 11.5 Å². The van der Waals surface area contributed by atoms with Crippen molar-refractivity contribution in [3.05, 3.63) is 35.9 Å². The highest BCUT2D eigenvalue weighted by molar-refractivity contribution is 7.91. The highest BCUT2D eigenvalue weighted by Gasteiger charge is 2.29. The van der Waals surface area contributed by atoms with Gasteiger partial charge in [-0.05, 0) is 12.6 Å². The lowest BCUT2D eigenvalue weighted by Crippen LogP contribution is -2.40. The fourth-order valence-corrected chi connectivity index (χ4v) is 3.58. The second-order valence-electron chi connectivity index (χ2n) is 4.02. The van der Waals surface area contributed by atoms with Crippen molar-refractivity contribution < 1.29 is 8.42 Å². The third-order valence-corrected chi connectivity index (χ3v) is 4.51. The predicted molar refractivity (Wildman–Crippen MR) is 60.5 cm³/mol. The van der Waals surface area contributed by atoms with Gasteiger partial charge in [-0.2, -0.15) is 0 Å².